The summed E-state index contributed by atoms with van der Waals surface area (Å²) in [6.07, 6.45) is 0. The largest absolute Gasteiger partial charge is 0.392 e. The topological polar surface area (TPSA) is 20.2 Å². The van der Waals surface area contributed by atoms with Gasteiger partial charge in [-0.15, -0.1) is 0 Å². The molecule has 0 spiro atoms. The van der Waals surface area contributed by atoms with Crippen molar-refractivity contribution in [2.75, 3.05) is 0 Å². The van der Waals surface area contributed by atoms with Gasteiger partial charge in [0.15, 0.2) is 0 Å². The molecule has 72 valence electrons. The quantitative estimate of drug-likeness (QED) is 0.733. The van der Waals surface area contributed by atoms with E-state index < -0.39 is 8.07 Å². The van der Waals surface area contributed by atoms with Crippen LogP contribution >= 0.6 is 0 Å². The predicted molar refractivity (Wildman–Crippen MR) is 59.4 cm³/mol. The Hall–Kier alpha value is -0.603. The number of rotatable bonds is 3. The third-order valence-corrected chi connectivity index (χ3v) is 3.45. The van der Waals surface area contributed by atoms with Crippen LogP contribution in [0.5, 0.6) is 0 Å². The Morgan fingerprint density at radius 2 is 1.62 bits per heavy atom. The molecule has 13 heavy (non-hydrogen) atoms. The van der Waals surface area contributed by atoms with Crippen molar-refractivity contribution in [1.29, 1.82) is 0 Å². The van der Waals surface area contributed by atoms with Crippen molar-refractivity contribution in [3.8, 4) is 0 Å². The average molecular weight is 194 g/mol. The summed E-state index contributed by atoms with van der Waals surface area (Å²) in [5, 5.41) is 9.13. The Labute approximate surface area is 81.4 Å². The molecule has 1 aromatic carbocycles. The zero-order valence-electron chi connectivity index (χ0n) is 8.67. The van der Waals surface area contributed by atoms with Crippen molar-refractivity contribution >= 4 is 8.07 Å². The maximum atomic E-state index is 9.13. The highest BCUT2D eigenvalue weighted by molar-refractivity contribution is 6.75. The van der Waals surface area contributed by atoms with Crippen LogP contribution in [0.25, 0.3) is 0 Å². The van der Waals surface area contributed by atoms with Crippen LogP contribution < -0.4 is 0 Å². The van der Waals surface area contributed by atoms with Gasteiger partial charge in [-0.05, 0) is 17.2 Å². The molecular weight excluding hydrogens is 176 g/mol. The van der Waals surface area contributed by atoms with Gasteiger partial charge in [-0.25, -0.2) is 0 Å². The number of hydrogen-bond acceptors (Lipinski definition) is 1. The molecule has 1 rings (SSSR count). The maximum absolute atomic E-state index is 9.13. The van der Waals surface area contributed by atoms with E-state index in [0.29, 0.717) is 0 Å². The molecule has 0 bridgehead atoms. The van der Waals surface area contributed by atoms with E-state index in [1.807, 2.05) is 12.1 Å². The minimum Gasteiger partial charge on any atom is -0.392 e. The minimum absolute atomic E-state index is 0.167. The molecule has 1 nitrogen and oxygen atoms in total. The number of aliphatic hydroxyl groups is 1. The Bertz CT molecular complexity index is 276. The van der Waals surface area contributed by atoms with Crippen molar-refractivity contribution < 1.29 is 5.11 Å². The van der Waals surface area contributed by atoms with Crippen LogP contribution in [0.1, 0.15) is 11.1 Å². The lowest BCUT2D eigenvalue weighted by molar-refractivity contribution is 0.281. The van der Waals surface area contributed by atoms with E-state index in [1.54, 1.807) is 0 Å². The summed E-state index contributed by atoms with van der Waals surface area (Å²) in [5.74, 6) is 0. The van der Waals surface area contributed by atoms with Crippen LogP contribution in [0.4, 0.5) is 0 Å². The SMILES string of the molecule is C[Si](C)(C)Cc1ccccc1CO. The van der Waals surface area contributed by atoms with Crippen molar-refractivity contribution in [3.05, 3.63) is 35.4 Å². The van der Waals surface area contributed by atoms with Crippen LogP contribution in [-0.4, -0.2) is 13.2 Å². The number of benzene rings is 1. The molecule has 0 aliphatic rings. The molecule has 0 unspecified atom stereocenters. The van der Waals surface area contributed by atoms with Gasteiger partial charge in [0.1, 0.15) is 0 Å². The van der Waals surface area contributed by atoms with Gasteiger partial charge in [-0.2, -0.15) is 0 Å². The average Bonchev–Trinajstić information content (AvgIpc) is 2.02. The summed E-state index contributed by atoms with van der Waals surface area (Å²) < 4.78 is 0. The third kappa shape index (κ3) is 3.33. The smallest absolute Gasteiger partial charge is 0.0684 e. The van der Waals surface area contributed by atoms with Crippen molar-refractivity contribution in [3.63, 3.8) is 0 Å². The van der Waals surface area contributed by atoms with E-state index in [0.717, 1.165) is 11.6 Å². The molecule has 0 aliphatic carbocycles. The summed E-state index contributed by atoms with van der Waals surface area (Å²) in [6, 6.07) is 9.33. The van der Waals surface area contributed by atoms with Crippen LogP contribution in [-0.2, 0) is 12.7 Å². The van der Waals surface area contributed by atoms with E-state index in [-0.39, 0.29) is 6.61 Å². The zero-order chi connectivity index (χ0) is 9.90. The van der Waals surface area contributed by atoms with E-state index >= 15 is 0 Å². The molecule has 0 aromatic heterocycles. The summed E-state index contributed by atoms with van der Waals surface area (Å²) >= 11 is 0. The number of hydrogen-bond donors (Lipinski definition) is 1. The highest BCUT2D eigenvalue weighted by Crippen LogP contribution is 2.15. The molecule has 0 saturated heterocycles. The normalized spacial score (nSPS) is 11.7. The van der Waals surface area contributed by atoms with Crippen LogP contribution in [0.15, 0.2) is 24.3 Å². The highest BCUT2D eigenvalue weighted by atomic mass is 28.3. The van der Waals surface area contributed by atoms with Gasteiger partial charge in [-0.1, -0.05) is 43.9 Å². The molecule has 0 amide bonds. The van der Waals surface area contributed by atoms with Crippen molar-refractivity contribution in [2.24, 2.45) is 0 Å². The maximum Gasteiger partial charge on any atom is 0.0684 e. The Kier molecular flexibility index (Phi) is 3.28. The minimum atomic E-state index is -1.06. The van der Waals surface area contributed by atoms with Crippen molar-refractivity contribution in [1.82, 2.24) is 0 Å². The first kappa shape index (κ1) is 10.5. The monoisotopic (exact) mass is 194 g/mol. The van der Waals surface area contributed by atoms with Gasteiger partial charge < -0.3 is 5.11 Å². The Morgan fingerprint density at radius 3 is 2.08 bits per heavy atom. The van der Waals surface area contributed by atoms with E-state index in [9.17, 15) is 0 Å². The fourth-order valence-electron chi connectivity index (χ4n) is 1.46. The van der Waals surface area contributed by atoms with Gasteiger partial charge in [0.05, 0.1) is 6.61 Å². The van der Waals surface area contributed by atoms with Gasteiger partial charge in [0.25, 0.3) is 0 Å². The van der Waals surface area contributed by atoms with Crippen LogP contribution in [0.2, 0.25) is 19.6 Å². The lowest BCUT2D eigenvalue weighted by atomic mass is 10.1. The Balaban J connectivity index is 2.87. The van der Waals surface area contributed by atoms with Crippen LogP contribution in [0, 0.1) is 0 Å². The van der Waals surface area contributed by atoms with Gasteiger partial charge in [0, 0.05) is 8.07 Å². The first-order valence-corrected chi connectivity index (χ1v) is 8.41. The van der Waals surface area contributed by atoms with Crippen LogP contribution in [0.3, 0.4) is 0 Å². The molecule has 1 N–H and O–H groups in total. The molecule has 0 aliphatic heterocycles. The standard InChI is InChI=1S/C11H18OSi/c1-13(2,3)9-11-7-5-4-6-10(11)8-12/h4-7,12H,8-9H2,1-3H3. The molecule has 0 atom stereocenters. The lowest BCUT2D eigenvalue weighted by Crippen LogP contribution is -2.24. The molecule has 0 radical (unpaired) electrons. The van der Waals surface area contributed by atoms with Gasteiger partial charge in [-0.3, -0.25) is 0 Å². The summed E-state index contributed by atoms with van der Waals surface area (Å²) in [5.41, 5.74) is 2.41. The second-order valence-corrected chi connectivity index (χ2v) is 10.1. The first-order chi connectivity index (χ1) is 6.03. The molecule has 0 fully saturated rings. The van der Waals surface area contributed by atoms with Crippen molar-refractivity contribution in [2.45, 2.75) is 32.3 Å². The second-order valence-electron chi connectivity index (χ2n) is 4.66. The van der Waals surface area contributed by atoms with E-state index in [2.05, 4.69) is 31.8 Å². The molecular formula is C11H18OSi. The van der Waals surface area contributed by atoms with Gasteiger partial charge >= 0.3 is 0 Å². The second kappa shape index (κ2) is 4.07. The first-order valence-electron chi connectivity index (χ1n) is 4.70. The predicted octanol–water partition coefficient (Wildman–Crippen LogP) is 2.60. The Morgan fingerprint density at radius 1 is 1.08 bits per heavy atom. The molecule has 1 aromatic rings. The molecule has 2 heteroatoms. The van der Waals surface area contributed by atoms with Gasteiger partial charge in [0.2, 0.25) is 0 Å². The third-order valence-electron chi connectivity index (χ3n) is 2.01. The zero-order valence-corrected chi connectivity index (χ0v) is 9.67. The highest BCUT2D eigenvalue weighted by Gasteiger charge is 2.15. The van der Waals surface area contributed by atoms with E-state index in [1.165, 1.54) is 5.56 Å². The van der Waals surface area contributed by atoms with E-state index in [4.69, 9.17) is 5.11 Å². The summed E-state index contributed by atoms with van der Waals surface area (Å²) in [4.78, 5) is 0. The molecule has 0 saturated carbocycles. The lowest BCUT2D eigenvalue weighted by Gasteiger charge is -2.17. The summed E-state index contributed by atoms with van der Waals surface area (Å²) in [7, 11) is -1.06. The fraction of sp³-hybridized carbons (Fsp3) is 0.455. The number of aliphatic hydroxyl groups excluding tert-OH is 1. The summed E-state index contributed by atoms with van der Waals surface area (Å²) in [6.45, 7) is 7.21. The fourth-order valence-corrected chi connectivity index (χ4v) is 2.94. The molecule has 0 heterocycles.